The minimum atomic E-state index is -0.671. The van der Waals surface area contributed by atoms with Gasteiger partial charge in [-0.3, -0.25) is 4.79 Å². The summed E-state index contributed by atoms with van der Waals surface area (Å²) >= 11 is 1.81. The second-order valence-electron chi connectivity index (χ2n) is 5.02. The van der Waals surface area contributed by atoms with Gasteiger partial charge < -0.3 is 18.9 Å². The molecule has 3 rings (SSSR count). The van der Waals surface area contributed by atoms with Crippen molar-refractivity contribution in [3.8, 4) is 0 Å². The van der Waals surface area contributed by atoms with E-state index < -0.39 is 12.1 Å². The van der Waals surface area contributed by atoms with Gasteiger partial charge in [0, 0.05) is 17.9 Å². The SMILES string of the molecule is CC(=O)O[C@@H]1[C@H]2OC(C)(C)O[C@H]2O[C@@H]1[C@H]1CS1. The van der Waals surface area contributed by atoms with Gasteiger partial charge in [-0.1, -0.05) is 0 Å². The van der Waals surface area contributed by atoms with Crippen LogP contribution in [0, 0.1) is 0 Å². The van der Waals surface area contributed by atoms with Gasteiger partial charge >= 0.3 is 5.97 Å². The summed E-state index contributed by atoms with van der Waals surface area (Å²) in [6.07, 6.45) is -1.17. The van der Waals surface area contributed by atoms with Gasteiger partial charge in [0.25, 0.3) is 0 Å². The standard InChI is InChI=1S/C11H16O5S/c1-5(12)13-8-7(6-4-17-6)14-10-9(8)15-11(2,3)16-10/h6-10H,4H2,1-3H3/t6-,7-,8+,9-,10-/m1/s1. The van der Waals surface area contributed by atoms with Crippen molar-refractivity contribution in [2.75, 3.05) is 5.75 Å². The smallest absolute Gasteiger partial charge is 0.303 e. The van der Waals surface area contributed by atoms with Crippen molar-refractivity contribution in [3.05, 3.63) is 0 Å². The largest absolute Gasteiger partial charge is 0.457 e. The third-order valence-corrected chi connectivity index (χ3v) is 4.04. The molecule has 3 aliphatic rings. The molecule has 17 heavy (non-hydrogen) atoms. The third kappa shape index (κ3) is 2.19. The lowest BCUT2D eigenvalue weighted by atomic mass is 10.1. The number of carbonyl (C=O) groups excluding carboxylic acids is 1. The van der Waals surface area contributed by atoms with E-state index in [1.165, 1.54) is 6.92 Å². The fraction of sp³-hybridized carbons (Fsp3) is 0.909. The molecule has 3 saturated heterocycles. The summed E-state index contributed by atoms with van der Waals surface area (Å²) in [5, 5.41) is 0.403. The number of esters is 1. The van der Waals surface area contributed by atoms with E-state index in [1.807, 2.05) is 25.6 Å². The van der Waals surface area contributed by atoms with E-state index in [0.717, 1.165) is 5.75 Å². The summed E-state index contributed by atoms with van der Waals surface area (Å²) in [5.41, 5.74) is 0. The summed E-state index contributed by atoms with van der Waals surface area (Å²) in [6.45, 7) is 5.08. The summed E-state index contributed by atoms with van der Waals surface area (Å²) in [5.74, 6) is 0.0731. The molecule has 3 fully saturated rings. The minimum Gasteiger partial charge on any atom is -0.457 e. The van der Waals surface area contributed by atoms with Crippen LogP contribution in [0.2, 0.25) is 0 Å². The number of fused-ring (bicyclic) bond motifs is 1. The van der Waals surface area contributed by atoms with Crippen LogP contribution in [0.4, 0.5) is 0 Å². The summed E-state index contributed by atoms with van der Waals surface area (Å²) in [6, 6.07) is 0. The lowest BCUT2D eigenvalue weighted by Gasteiger charge is -2.24. The van der Waals surface area contributed by atoms with Crippen LogP contribution in [0.3, 0.4) is 0 Å². The molecule has 3 aliphatic heterocycles. The number of hydrogen-bond donors (Lipinski definition) is 0. The minimum absolute atomic E-state index is 0.102. The lowest BCUT2D eigenvalue weighted by molar-refractivity contribution is -0.217. The molecule has 0 N–H and O–H groups in total. The second kappa shape index (κ2) is 3.85. The quantitative estimate of drug-likeness (QED) is 0.543. The van der Waals surface area contributed by atoms with Crippen LogP contribution >= 0.6 is 11.8 Å². The highest BCUT2D eigenvalue weighted by Crippen LogP contribution is 2.46. The molecule has 3 heterocycles. The van der Waals surface area contributed by atoms with E-state index in [0.29, 0.717) is 5.25 Å². The molecular weight excluding hydrogens is 244 g/mol. The highest BCUT2D eigenvalue weighted by molar-refractivity contribution is 8.06. The molecule has 5 atom stereocenters. The van der Waals surface area contributed by atoms with E-state index in [2.05, 4.69) is 0 Å². The molecule has 0 amide bonds. The van der Waals surface area contributed by atoms with Gasteiger partial charge in [0.05, 0.1) is 0 Å². The first-order chi connectivity index (χ1) is 7.96. The lowest BCUT2D eigenvalue weighted by Crippen LogP contribution is -2.40. The monoisotopic (exact) mass is 260 g/mol. The van der Waals surface area contributed by atoms with E-state index in [-0.39, 0.29) is 24.3 Å². The molecule has 0 aromatic rings. The molecule has 0 radical (unpaired) electrons. The predicted molar refractivity (Wildman–Crippen MR) is 60.5 cm³/mol. The molecule has 0 bridgehead atoms. The number of carbonyl (C=O) groups is 1. The highest BCUT2D eigenvalue weighted by atomic mass is 32.2. The topological polar surface area (TPSA) is 54.0 Å². The Morgan fingerprint density at radius 3 is 2.65 bits per heavy atom. The van der Waals surface area contributed by atoms with E-state index >= 15 is 0 Å². The summed E-state index contributed by atoms with van der Waals surface area (Å²) in [4.78, 5) is 11.2. The maximum atomic E-state index is 11.2. The number of rotatable bonds is 2. The van der Waals surface area contributed by atoms with Gasteiger partial charge in [-0.15, -0.1) is 0 Å². The van der Waals surface area contributed by atoms with Crippen LogP contribution in [-0.4, -0.2) is 47.4 Å². The summed E-state index contributed by atoms with van der Waals surface area (Å²) < 4.78 is 22.6. The Hall–Kier alpha value is -0.300. The van der Waals surface area contributed by atoms with Gasteiger partial charge in [0.2, 0.25) is 0 Å². The molecule has 0 aromatic heterocycles. The first-order valence-corrected chi connectivity index (χ1v) is 6.81. The average Bonchev–Trinajstić information content (AvgIpc) is 2.92. The first kappa shape index (κ1) is 11.8. The second-order valence-corrected chi connectivity index (χ2v) is 6.29. The first-order valence-electron chi connectivity index (χ1n) is 5.76. The van der Waals surface area contributed by atoms with Crippen LogP contribution in [0.25, 0.3) is 0 Å². The van der Waals surface area contributed by atoms with Crippen LogP contribution in [0.15, 0.2) is 0 Å². The van der Waals surface area contributed by atoms with Crippen LogP contribution in [0.1, 0.15) is 20.8 Å². The van der Waals surface area contributed by atoms with Gasteiger partial charge in [0.1, 0.15) is 6.10 Å². The fourth-order valence-corrected chi connectivity index (χ4v) is 3.08. The van der Waals surface area contributed by atoms with Crippen molar-refractivity contribution in [3.63, 3.8) is 0 Å². The molecule has 0 aromatic carbocycles. The molecular formula is C11H16O5S. The summed E-state index contributed by atoms with van der Waals surface area (Å²) in [7, 11) is 0. The maximum absolute atomic E-state index is 11.2. The molecule has 96 valence electrons. The molecule has 0 saturated carbocycles. The van der Waals surface area contributed by atoms with Crippen molar-refractivity contribution in [2.45, 2.75) is 56.4 Å². The third-order valence-electron chi connectivity index (χ3n) is 3.05. The Morgan fingerprint density at radius 2 is 2.06 bits per heavy atom. The van der Waals surface area contributed by atoms with E-state index in [1.54, 1.807) is 0 Å². The van der Waals surface area contributed by atoms with Crippen LogP contribution in [-0.2, 0) is 23.7 Å². The molecule has 0 aliphatic carbocycles. The molecule has 0 spiro atoms. The van der Waals surface area contributed by atoms with Gasteiger partial charge in [-0.05, 0) is 13.8 Å². The molecule has 5 nitrogen and oxygen atoms in total. The zero-order chi connectivity index (χ0) is 12.2. The van der Waals surface area contributed by atoms with Crippen molar-refractivity contribution in [1.82, 2.24) is 0 Å². The highest BCUT2D eigenvalue weighted by Gasteiger charge is 2.59. The zero-order valence-corrected chi connectivity index (χ0v) is 10.9. The predicted octanol–water partition coefficient (Wildman–Crippen LogP) is 0.910. The Kier molecular flexibility index (Phi) is 2.66. The van der Waals surface area contributed by atoms with E-state index in [9.17, 15) is 4.79 Å². The Balaban J connectivity index is 1.77. The van der Waals surface area contributed by atoms with Crippen LogP contribution < -0.4 is 0 Å². The zero-order valence-electron chi connectivity index (χ0n) is 10.0. The number of hydrogen-bond acceptors (Lipinski definition) is 6. The Bertz CT molecular complexity index is 341. The van der Waals surface area contributed by atoms with Crippen molar-refractivity contribution in [2.24, 2.45) is 0 Å². The Morgan fingerprint density at radius 1 is 1.35 bits per heavy atom. The number of ether oxygens (including phenoxy) is 4. The molecule has 6 heteroatoms. The van der Waals surface area contributed by atoms with Crippen molar-refractivity contribution < 1.29 is 23.7 Å². The average molecular weight is 260 g/mol. The van der Waals surface area contributed by atoms with E-state index in [4.69, 9.17) is 18.9 Å². The van der Waals surface area contributed by atoms with Gasteiger partial charge in [-0.2, -0.15) is 11.8 Å². The molecule has 0 unspecified atom stereocenters. The Labute approximate surface area is 104 Å². The number of thioether (sulfide) groups is 1. The normalized spacial score (nSPS) is 46.6. The van der Waals surface area contributed by atoms with Crippen molar-refractivity contribution >= 4 is 17.7 Å². The van der Waals surface area contributed by atoms with Gasteiger partial charge in [0.15, 0.2) is 24.3 Å². The van der Waals surface area contributed by atoms with Gasteiger partial charge in [-0.25, -0.2) is 0 Å². The van der Waals surface area contributed by atoms with Crippen molar-refractivity contribution in [1.29, 1.82) is 0 Å². The van der Waals surface area contributed by atoms with Crippen LogP contribution in [0.5, 0.6) is 0 Å². The maximum Gasteiger partial charge on any atom is 0.303 e. The fourth-order valence-electron chi connectivity index (χ4n) is 2.37.